The number of rotatable bonds is 3. The van der Waals surface area contributed by atoms with Crippen molar-refractivity contribution < 1.29 is 8.91 Å². The lowest BCUT2D eigenvalue weighted by Crippen LogP contribution is -2.27. The zero-order valence-corrected chi connectivity index (χ0v) is 15.2. The molecule has 138 valence electrons. The lowest BCUT2D eigenvalue weighted by molar-refractivity contribution is 0.0958. The number of benzene rings is 1. The molecule has 0 aliphatic carbocycles. The molecule has 1 aromatic carbocycles. The number of nitrogens with one attached hydrogen (secondary N) is 2. The van der Waals surface area contributed by atoms with Gasteiger partial charge in [-0.1, -0.05) is 17.7 Å². The summed E-state index contributed by atoms with van der Waals surface area (Å²) in [6.45, 7) is -0.301. The van der Waals surface area contributed by atoms with E-state index in [4.69, 9.17) is 15.7 Å². The molecule has 4 rings (SSSR count). The topological polar surface area (TPSA) is 101 Å². The van der Waals surface area contributed by atoms with E-state index >= 15 is 0 Å². The van der Waals surface area contributed by atoms with E-state index in [1.54, 1.807) is 4.68 Å². The molecule has 0 unspecified atom stereocenters. The largest absolute Gasteiger partial charge is 0.364 e. The molecule has 3 aromatic rings. The molecule has 1 amide bonds. The molecule has 27 heavy (non-hydrogen) atoms. The van der Waals surface area contributed by atoms with Gasteiger partial charge in [0.25, 0.3) is 5.91 Å². The van der Waals surface area contributed by atoms with Crippen molar-refractivity contribution in [3.63, 3.8) is 0 Å². The van der Waals surface area contributed by atoms with Gasteiger partial charge in [-0.25, -0.2) is 9.67 Å². The highest BCUT2D eigenvalue weighted by atomic mass is 35.5. The Hall–Kier alpha value is -3.20. The Bertz CT molecular complexity index is 1150. The molecule has 0 fully saturated rings. The highest BCUT2D eigenvalue weighted by Crippen LogP contribution is 2.38. The first-order chi connectivity index (χ1) is 14.1. The monoisotopic (exact) mass is 387 g/mol. The van der Waals surface area contributed by atoms with E-state index in [0.717, 1.165) is 17.2 Å². The molecule has 1 aliphatic rings. The first-order valence-corrected chi connectivity index (χ1v) is 8.40. The van der Waals surface area contributed by atoms with E-state index in [2.05, 4.69) is 25.6 Å². The Morgan fingerprint density at radius 1 is 1.33 bits per heavy atom. The van der Waals surface area contributed by atoms with E-state index in [0.29, 0.717) is 18.1 Å². The van der Waals surface area contributed by atoms with Crippen LogP contribution >= 0.6 is 11.6 Å². The molecule has 0 bridgehead atoms. The fourth-order valence-electron chi connectivity index (χ4n) is 3.08. The van der Waals surface area contributed by atoms with Crippen molar-refractivity contribution in [2.75, 3.05) is 24.2 Å². The molecule has 9 nitrogen and oxygen atoms in total. The average Bonchev–Trinajstić information content (AvgIpc) is 3.00. The molecule has 10 heteroatoms. The number of carbonyl (C=O) groups is 1. The van der Waals surface area contributed by atoms with Crippen LogP contribution in [-0.2, 0) is 6.54 Å². The molecule has 0 radical (unpaired) electrons. The average molecular weight is 388 g/mol. The van der Waals surface area contributed by atoms with Gasteiger partial charge in [-0.2, -0.15) is 5.10 Å². The SMILES string of the molecule is [2H]C([2H])([2H])NC(=O)c1nnc(Cl)cc1Nc1cccc2c1N(C)Cc1nc(C)nn1-2. The van der Waals surface area contributed by atoms with Gasteiger partial charge in [0, 0.05) is 24.2 Å². The maximum absolute atomic E-state index is 12.4. The predicted octanol–water partition coefficient (Wildman–Crippen LogP) is 2.07. The van der Waals surface area contributed by atoms with Gasteiger partial charge >= 0.3 is 0 Å². The van der Waals surface area contributed by atoms with Crippen molar-refractivity contribution in [2.24, 2.45) is 0 Å². The molecular weight excluding hydrogens is 368 g/mol. The Kier molecular flexibility index (Phi) is 3.36. The van der Waals surface area contributed by atoms with Gasteiger partial charge in [-0.05, 0) is 19.1 Å². The molecule has 0 spiro atoms. The Morgan fingerprint density at radius 3 is 3.00 bits per heavy atom. The van der Waals surface area contributed by atoms with Crippen LogP contribution in [0.2, 0.25) is 5.15 Å². The number of hydrogen-bond acceptors (Lipinski definition) is 7. The summed E-state index contributed by atoms with van der Waals surface area (Å²) in [5, 5.41) is 17.0. The van der Waals surface area contributed by atoms with Crippen LogP contribution in [-0.4, -0.2) is 44.9 Å². The number of halogens is 1. The van der Waals surface area contributed by atoms with Crippen molar-refractivity contribution in [1.29, 1.82) is 0 Å². The van der Waals surface area contributed by atoms with Crippen molar-refractivity contribution in [2.45, 2.75) is 13.5 Å². The molecule has 2 aromatic heterocycles. The number of para-hydroxylation sites is 1. The minimum atomic E-state index is -2.66. The third-order valence-electron chi connectivity index (χ3n) is 4.15. The highest BCUT2D eigenvalue weighted by molar-refractivity contribution is 6.29. The standard InChI is InChI=1S/C17H17ClN8O/c1-9-20-14-8-25(3)16-10(5-4-6-12(16)26(14)24-9)21-11-7-13(18)22-23-15(11)17(27)19-2/h4-7H,8H2,1-3H3,(H,19,27)(H,21,22)/i2D3. The van der Waals surface area contributed by atoms with Crippen LogP contribution in [0.4, 0.5) is 17.1 Å². The predicted molar refractivity (Wildman–Crippen MR) is 102 cm³/mol. The second-order valence-corrected chi connectivity index (χ2v) is 6.41. The van der Waals surface area contributed by atoms with Crippen LogP contribution in [0.25, 0.3) is 5.69 Å². The van der Waals surface area contributed by atoms with E-state index in [9.17, 15) is 4.79 Å². The van der Waals surface area contributed by atoms with Crippen molar-refractivity contribution in [1.82, 2.24) is 30.3 Å². The van der Waals surface area contributed by atoms with Crippen LogP contribution in [0.15, 0.2) is 24.3 Å². The van der Waals surface area contributed by atoms with E-state index in [-0.39, 0.29) is 16.5 Å². The van der Waals surface area contributed by atoms with Gasteiger partial charge in [-0.15, -0.1) is 10.2 Å². The van der Waals surface area contributed by atoms with Crippen LogP contribution < -0.4 is 15.5 Å². The van der Waals surface area contributed by atoms with Crippen LogP contribution in [0, 0.1) is 6.92 Å². The van der Waals surface area contributed by atoms with E-state index in [1.807, 2.05) is 42.4 Å². The maximum Gasteiger partial charge on any atom is 0.273 e. The molecule has 0 saturated heterocycles. The lowest BCUT2D eigenvalue weighted by atomic mass is 10.1. The van der Waals surface area contributed by atoms with Gasteiger partial charge < -0.3 is 15.5 Å². The Morgan fingerprint density at radius 2 is 2.19 bits per heavy atom. The quantitative estimate of drug-likeness (QED) is 0.709. The maximum atomic E-state index is 12.4. The van der Waals surface area contributed by atoms with E-state index < -0.39 is 12.9 Å². The lowest BCUT2D eigenvalue weighted by Gasteiger charge is -2.29. The minimum absolute atomic E-state index is 0.0512. The van der Waals surface area contributed by atoms with E-state index in [1.165, 1.54) is 6.07 Å². The second kappa shape index (κ2) is 6.51. The molecule has 2 N–H and O–H groups in total. The summed E-state index contributed by atoms with van der Waals surface area (Å²) in [6.07, 6.45) is 0. The van der Waals surface area contributed by atoms with Crippen molar-refractivity contribution in [3.05, 3.63) is 46.8 Å². The fraction of sp³-hybridized carbons (Fsp3) is 0.235. The van der Waals surface area contributed by atoms with Gasteiger partial charge in [0.2, 0.25) is 0 Å². The van der Waals surface area contributed by atoms with Gasteiger partial charge in [0.1, 0.15) is 5.82 Å². The Labute approximate surface area is 164 Å². The normalized spacial score (nSPS) is 14.5. The summed E-state index contributed by atoms with van der Waals surface area (Å²) in [6, 6.07) is 6.98. The number of nitrogens with zero attached hydrogens (tertiary/aromatic N) is 6. The number of hydrogen-bond donors (Lipinski definition) is 2. The third kappa shape index (κ3) is 2.95. The minimum Gasteiger partial charge on any atom is -0.364 e. The van der Waals surface area contributed by atoms with Crippen molar-refractivity contribution >= 4 is 34.6 Å². The van der Waals surface area contributed by atoms with Crippen LogP contribution in [0.1, 0.15) is 26.2 Å². The van der Waals surface area contributed by atoms with Gasteiger partial charge in [0.15, 0.2) is 16.7 Å². The fourth-order valence-corrected chi connectivity index (χ4v) is 3.23. The highest BCUT2D eigenvalue weighted by Gasteiger charge is 2.25. The number of aryl methyl sites for hydroxylation is 1. The summed E-state index contributed by atoms with van der Waals surface area (Å²) >= 11 is 5.97. The number of amides is 1. The van der Waals surface area contributed by atoms with Gasteiger partial charge in [-0.3, -0.25) is 4.79 Å². The Balaban J connectivity index is 1.77. The third-order valence-corrected chi connectivity index (χ3v) is 4.33. The van der Waals surface area contributed by atoms with Crippen molar-refractivity contribution in [3.8, 4) is 5.69 Å². The first kappa shape index (κ1) is 13.9. The summed E-state index contributed by atoms with van der Waals surface area (Å²) in [4.78, 5) is 18.9. The van der Waals surface area contributed by atoms with Crippen LogP contribution in [0.5, 0.6) is 0 Å². The summed E-state index contributed by atoms with van der Waals surface area (Å²) in [5.74, 6) is 0.582. The number of fused-ring (bicyclic) bond motifs is 3. The molecular formula is C17H17ClN8O. The van der Waals surface area contributed by atoms with Crippen LogP contribution in [0.3, 0.4) is 0 Å². The summed E-state index contributed by atoms with van der Waals surface area (Å²) in [5.41, 5.74) is 2.32. The number of anilines is 3. The summed E-state index contributed by atoms with van der Waals surface area (Å²) in [7, 11) is 1.91. The molecule has 0 saturated carbocycles. The summed E-state index contributed by atoms with van der Waals surface area (Å²) < 4.78 is 23.5. The molecule has 3 heterocycles. The van der Waals surface area contributed by atoms with Gasteiger partial charge in [0.05, 0.1) is 29.3 Å². The molecule has 1 aliphatic heterocycles. The smallest absolute Gasteiger partial charge is 0.273 e. The number of aromatic nitrogens is 5. The first-order valence-electron chi connectivity index (χ1n) is 9.52. The zero-order valence-electron chi connectivity index (χ0n) is 17.5. The number of carbonyl (C=O) groups excluding carboxylic acids is 1. The second-order valence-electron chi connectivity index (χ2n) is 6.02. The zero-order chi connectivity index (χ0) is 21.6. The molecule has 0 atom stereocenters.